The minimum absolute atomic E-state index is 0.0882. The maximum Gasteiger partial charge on any atom is 0.310 e. The highest BCUT2D eigenvalue weighted by Crippen LogP contribution is 2.24. The molecule has 104 valence electrons. The van der Waals surface area contributed by atoms with Crippen LogP contribution in [0.3, 0.4) is 0 Å². The van der Waals surface area contributed by atoms with Crippen molar-refractivity contribution < 1.29 is 19.1 Å². The number of benzene rings is 1. The summed E-state index contributed by atoms with van der Waals surface area (Å²) in [5, 5.41) is 9.21. The number of amides is 1. The second-order valence-corrected chi connectivity index (χ2v) is 5.50. The van der Waals surface area contributed by atoms with Gasteiger partial charge in [0.1, 0.15) is 5.52 Å². The minimum Gasteiger partial charge on any atom is -0.481 e. The third-order valence-corrected chi connectivity index (χ3v) is 3.99. The lowest BCUT2D eigenvalue weighted by Crippen LogP contribution is -2.53. The molecule has 7 heteroatoms. The van der Waals surface area contributed by atoms with Gasteiger partial charge in [-0.05, 0) is 12.1 Å². The lowest BCUT2D eigenvalue weighted by molar-refractivity contribution is -0.151. The first-order chi connectivity index (χ1) is 9.63. The topological polar surface area (TPSA) is 83.6 Å². The number of oxazole rings is 1. The van der Waals surface area contributed by atoms with Crippen molar-refractivity contribution in [3.8, 4) is 0 Å². The molecular formula is C13H12N2O4S. The predicted molar refractivity (Wildman–Crippen MR) is 72.4 cm³/mol. The molecule has 0 radical (unpaired) electrons. The smallest absolute Gasteiger partial charge is 0.310 e. The molecule has 0 saturated carbocycles. The zero-order valence-corrected chi connectivity index (χ0v) is 11.3. The number of nitrogens with zero attached hydrogens (tertiary/aromatic N) is 2. The molecule has 1 aromatic heterocycles. The maximum absolute atomic E-state index is 11.8. The van der Waals surface area contributed by atoms with Crippen molar-refractivity contribution >= 4 is 34.7 Å². The maximum atomic E-state index is 11.8. The highest BCUT2D eigenvalue weighted by molar-refractivity contribution is 7.99. The van der Waals surface area contributed by atoms with Gasteiger partial charge in [0.2, 0.25) is 5.91 Å². The Morgan fingerprint density at radius 3 is 2.85 bits per heavy atom. The summed E-state index contributed by atoms with van der Waals surface area (Å²) in [6.45, 7) is 0.588. The van der Waals surface area contributed by atoms with E-state index in [0.717, 1.165) is 5.52 Å². The lowest BCUT2D eigenvalue weighted by atomic mass is 10.0. The van der Waals surface area contributed by atoms with Crippen LogP contribution >= 0.6 is 11.8 Å². The van der Waals surface area contributed by atoms with Crippen LogP contribution in [0.25, 0.3) is 11.1 Å². The van der Waals surface area contributed by atoms with Crippen LogP contribution in [0.4, 0.5) is 0 Å². The lowest BCUT2D eigenvalue weighted by Gasteiger charge is -2.36. The number of hydrogen-bond acceptors (Lipinski definition) is 5. The number of carboxylic acids is 1. The van der Waals surface area contributed by atoms with Crippen LogP contribution in [0.5, 0.6) is 0 Å². The Bertz CT molecular complexity index is 630. The molecule has 3 rings (SSSR count). The largest absolute Gasteiger partial charge is 0.481 e. The fourth-order valence-electron chi connectivity index (χ4n) is 1.97. The molecule has 0 atom stereocenters. The van der Waals surface area contributed by atoms with Gasteiger partial charge in [-0.2, -0.15) is 0 Å². The number of carbonyl (C=O) groups excluding carboxylic acids is 1. The number of para-hydroxylation sites is 2. The number of carbonyl (C=O) groups is 2. The first kappa shape index (κ1) is 13.0. The number of likely N-dealkylation sites (tertiary alicyclic amines) is 1. The van der Waals surface area contributed by atoms with Crippen LogP contribution in [0.2, 0.25) is 0 Å². The predicted octanol–water partition coefficient (Wildman–Crippen LogP) is 1.46. The molecule has 0 unspecified atom stereocenters. The standard InChI is InChI=1S/C13H12N2O4S/c16-11(15-5-8(6-15)12(17)18)7-20-13-14-9-3-1-2-4-10(9)19-13/h1-4,8H,5-7H2,(H,17,18). The first-order valence-electron chi connectivity index (χ1n) is 6.12. The quantitative estimate of drug-likeness (QED) is 0.859. The van der Waals surface area contributed by atoms with Crippen LogP contribution in [0.1, 0.15) is 0 Å². The van der Waals surface area contributed by atoms with E-state index in [1.807, 2.05) is 24.3 Å². The van der Waals surface area contributed by atoms with Crippen molar-refractivity contribution in [2.24, 2.45) is 5.92 Å². The van der Waals surface area contributed by atoms with Crippen LogP contribution in [0.15, 0.2) is 33.9 Å². The Balaban J connectivity index is 1.54. The van der Waals surface area contributed by atoms with E-state index in [1.165, 1.54) is 16.7 Å². The molecule has 6 nitrogen and oxygen atoms in total. The third kappa shape index (κ3) is 2.49. The number of carboxylic acid groups (broad SMARTS) is 1. The molecule has 2 heterocycles. The van der Waals surface area contributed by atoms with Crippen molar-refractivity contribution in [1.82, 2.24) is 9.88 Å². The highest BCUT2D eigenvalue weighted by atomic mass is 32.2. The van der Waals surface area contributed by atoms with Gasteiger partial charge in [0, 0.05) is 13.1 Å². The van der Waals surface area contributed by atoms with Gasteiger partial charge in [0.15, 0.2) is 5.58 Å². The van der Waals surface area contributed by atoms with E-state index in [1.54, 1.807) is 0 Å². The Labute approximate surface area is 118 Å². The van der Waals surface area contributed by atoms with Gasteiger partial charge in [0.05, 0.1) is 11.7 Å². The Morgan fingerprint density at radius 2 is 2.15 bits per heavy atom. The first-order valence-corrected chi connectivity index (χ1v) is 7.11. The Hall–Kier alpha value is -2.02. The van der Waals surface area contributed by atoms with E-state index >= 15 is 0 Å². The number of aromatic nitrogens is 1. The molecule has 1 N–H and O–H groups in total. The molecule has 0 bridgehead atoms. The SMILES string of the molecule is O=C(O)C1CN(C(=O)CSc2nc3ccccc3o2)C1. The summed E-state index contributed by atoms with van der Waals surface area (Å²) < 4.78 is 5.50. The van der Waals surface area contributed by atoms with E-state index < -0.39 is 11.9 Å². The second kappa shape index (κ2) is 5.16. The molecule has 1 amide bonds. The fraction of sp³-hybridized carbons (Fsp3) is 0.308. The van der Waals surface area contributed by atoms with Crippen LogP contribution in [0, 0.1) is 5.92 Å². The van der Waals surface area contributed by atoms with Gasteiger partial charge in [-0.1, -0.05) is 23.9 Å². The summed E-state index contributed by atoms with van der Waals surface area (Å²) in [4.78, 5) is 28.3. The van der Waals surface area contributed by atoms with Crippen LogP contribution in [-0.4, -0.2) is 45.7 Å². The molecule has 1 aliphatic rings. The average molecular weight is 292 g/mol. The summed E-state index contributed by atoms with van der Waals surface area (Å²) in [5.74, 6) is -1.15. The van der Waals surface area contributed by atoms with Gasteiger partial charge in [0.25, 0.3) is 5.22 Å². The van der Waals surface area contributed by atoms with Crippen molar-refractivity contribution in [3.05, 3.63) is 24.3 Å². The molecule has 0 spiro atoms. The van der Waals surface area contributed by atoms with Crippen molar-refractivity contribution in [1.29, 1.82) is 0 Å². The van der Waals surface area contributed by atoms with E-state index in [9.17, 15) is 9.59 Å². The summed E-state index contributed by atoms with van der Waals surface area (Å²) in [5.41, 5.74) is 1.45. The van der Waals surface area contributed by atoms with E-state index in [-0.39, 0.29) is 11.7 Å². The summed E-state index contributed by atoms with van der Waals surface area (Å²) in [6, 6.07) is 7.40. The Kier molecular flexibility index (Phi) is 3.35. The fourth-order valence-corrected chi connectivity index (χ4v) is 2.71. The van der Waals surface area contributed by atoms with E-state index in [4.69, 9.17) is 9.52 Å². The number of rotatable bonds is 4. The van der Waals surface area contributed by atoms with Gasteiger partial charge < -0.3 is 14.4 Å². The molecule has 20 heavy (non-hydrogen) atoms. The second-order valence-electron chi connectivity index (χ2n) is 4.57. The molecule has 0 aliphatic carbocycles. The van der Waals surface area contributed by atoms with Gasteiger partial charge in [-0.3, -0.25) is 9.59 Å². The van der Waals surface area contributed by atoms with Gasteiger partial charge >= 0.3 is 5.97 Å². The van der Waals surface area contributed by atoms with Crippen molar-refractivity contribution in [2.45, 2.75) is 5.22 Å². The van der Waals surface area contributed by atoms with E-state index in [0.29, 0.717) is 23.9 Å². The summed E-state index contributed by atoms with van der Waals surface area (Å²) in [6.07, 6.45) is 0. The normalized spacial score (nSPS) is 15.3. The molecule has 2 aromatic rings. The monoisotopic (exact) mass is 292 g/mol. The zero-order chi connectivity index (χ0) is 14.1. The number of fused-ring (bicyclic) bond motifs is 1. The zero-order valence-electron chi connectivity index (χ0n) is 10.5. The molecule has 1 fully saturated rings. The summed E-state index contributed by atoms with van der Waals surface area (Å²) >= 11 is 1.23. The van der Waals surface area contributed by atoms with Crippen LogP contribution in [-0.2, 0) is 9.59 Å². The van der Waals surface area contributed by atoms with Gasteiger partial charge in [-0.15, -0.1) is 0 Å². The molecule has 1 saturated heterocycles. The average Bonchev–Trinajstić information content (AvgIpc) is 2.76. The number of hydrogen-bond donors (Lipinski definition) is 1. The number of thioether (sulfide) groups is 1. The molecule has 1 aliphatic heterocycles. The highest BCUT2D eigenvalue weighted by Gasteiger charge is 2.35. The third-order valence-electron chi connectivity index (χ3n) is 3.18. The minimum atomic E-state index is -0.847. The number of aliphatic carboxylic acids is 1. The Morgan fingerprint density at radius 1 is 1.40 bits per heavy atom. The van der Waals surface area contributed by atoms with Crippen molar-refractivity contribution in [3.63, 3.8) is 0 Å². The molecule has 1 aromatic carbocycles. The van der Waals surface area contributed by atoms with Crippen molar-refractivity contribution in [2.75, 3.05) is 18.8 Å². The molecular weight excluding hydrogens is 280 g/mol. The van der Waals surface area contributed by atoms with Gasteiger partial charge in [-0.25, -0.2) is 4.98 Å². The van der Waals surface area contributed by atoms with E-state index in [2.05, 4.69) is 4.98 Å². The summed E-state index contributed by atoms with van der Waals surface area (Å²) in [7, 11) is 0. The van der Waals surface area contributed by atoms with Crippen LogP contribution < -0.4 is 0 Å².